The van der Waals surface area contributed by atoms with Gasteiger partial charge in [-0.15, -0.1) is 0 Å². The quantitative estimate of drug-likeness (QED) is 0.797. The number of benzene rings is 1. The zero-order valence-corrected chi connectivity index (χ0v) is 13.6. The van der Waals surface area contributed by atoms with Crippen molar-refractivity contribution in [3.05, 3.63) is 27.7 Å². The van der Waals surface area contributed by atoms with Gasteiger partial charge in [-0.3, -0.25) is 0 Å². The van der Waals surface area contributed by atoms with E-state index >= 15 is 0 Å². The molecule has 0 heterocycles. The van der Waals surface area contributed by atoms with Crippen LogP contribution < -0.4 is 4.74 Å². The van der Waals surface area contributed by atoms with Crippen LogP contribution in [0.15, 0.2) is 12.1 Å². The first-order valence-electron chi connectivity index (χ1n) is 6.88. The Balaban J connectivity index is 3.12. The second-order valence-corrected chi connectivity index (χ2v) is 5.73. The molecule has 5 heteroatoms. The largest absolute Gasteiger partial charge is 0.492 e. The third-order valence-corrected chi connectivity index (χ3v) is 3.84. The van der Waals surface area contributed by atoms with Crippen LogP contribution in [-0.2, 0) is 0 Å². The molecule has 3 atom stereocenters. The third-order valence-electron chi connectivity index (χ3n) is 3.34. The lowest BCUT2D eigenvalue weighted by Gasteiger charge is -2.24. The summed E-state index contributed by atoms with van der Waals surface area (Å²) in [4.78, 5) is 0. The van der Waals surface area contributed by atoms with Crippen molar-refractivity contribution in [1.82, 2.24) is 0 Å². The zero-order chi connectivity index (χ0) is 15.3. The van der Waals surface area contributed by atoms with Crippen LogP contribution in [0.4, 0.5) is 0 Å². The second kappa shape index (κ2) is 8.08. The van der Waals surface area contributed by atoms with Gasteiger partial charge in [0.1, 0.15) is 5.75 Å². The predicted octanol–water partition coefficient (Wildman–Crippen LogP) is 4.02. The van der Waals surface area contributed by atoms with Crippen molar-refractivity contribution in [1.29, 1.82) is 0 Å². The van der Waals surface area contributed by atoms with E-state index in [2.05, 4.69) is 0 Å². The van der Waals surface area contributed by atoms with Gasteiger partial charge < -0.3 is 14.9 Å². The van der Waals surface area contributed by atoms with Crippen LogP contribution in [0.3, 0.4) is 0 Å². The Morgan fingerprint density at radius 2 is 1.85 bits per heavy atom. The van der Waals surface area contributed by atoms with Crippen LogP contribution >= 0.6 is 23.2 Å². The average molecular weight is 321 g/mol. The fourth-order valence-electron chi connectivity index (χ4n) is 2.18. The Hall–Kier alpha value is -0.480. The Kier molecular flexibility index (Phi) is 7.10. The Morgan fingerprint density at radius 1 is 1.20 bits per heavy atom. The number of aliphatic hydroxyl groups excluding tert-OH is 2. The van der Waals surface area contributed by atoms with E-state index in [9.17, 15) is 10.2 Å². The predicted molar refractivity (Wildman–Crippen MR) is 83.0 cm³/mol. The molecule has 1 rings (SSSR count). The fourth-order valence-corrected chi connectivity index (χ4v) is 2.75. The molecule has 0 aliphatic heterocycles. The van der Waals surface area contributed by atoms with E-state index in [1.807, 2.05) is 19.9 Å². The Bertz CT molecular complexity index is 435. The van der Waals surface area contributed by atoms with Gasteiger partial charge >= 0.3 is 0 Å². The summed E-state index contributed by atoms with van der Waals surface area (Å²) in [6.07, 6.45) is -0.327. The van der Waals surface area contributed by atoms with Gasteiger partial charge in [-0.1, -0.05) is 30.1 Å². The van der Waals surface area contributed by atoms with Crippen LogP contribution in [0.2, 0.25) is 10.0 Å². The second-order valence-electron chi connectivity index (χ2n) is 4.89. The van der Waals surface area contributed by atoms with Gasteiger partial charge in [0, 0.05) is 10.6 Å². The van der Waals surface area contributed by atoms with Gasteiger partial charge in [0.25, 0.3) is 0 Å². The molecule has 2 N–H and O–H groups in total. The lowest BCUT2D eigenvalue weighted by atomic mass is 9.89. The molecule has 1 aromatic rings. The van der Waals surface area contributed by atoms with Crippen LogP contribution in [0.1, 0.15) is 45.1 Å². The summed E-state index contributed by atoms with van der Waals surface area (Å²) < 4.78 is 5.61. The topological polar surface area (TPSA) is 49.7 Å². The molecule has 0 fully saturated rings. The van der Waals surface area contributed by atoms with E-state index in [1.165, 1.54) is 0 Å². The first-order valence-corrected chi connectivity index (χ1v) is 7.64. The lowest BCUT2D eigenvalue weighted by Crippen LogP contribution is -2.25. The van der Waals surface area contributed by atoms with E-state index in [0.29, 0.717) is 28.8 Å². The van der Waals surface area contributed by atoms with Gasteiger partial charge in [-0.05, 0) is 44.7 Å². The number of halogens is 2. The molecule has 0 spiro atoms. The molecular weight excluding hydrogens is 299 g/mol. The van der Waals surface area contributed by atoms with E-state index in [1.54, 1.807) is 13.0 Å². The monoisotopic (exact) mass is 320 g/mol. The number of hydrogen-bond acceptors (Lipinski definition) is 3. The highest BCUT2D eigenvalue weighted by Gasteiger charge is 2.23. The summed E-state index contributed by atoms with van der Waals surface area (Å²) >= 11 is 12.3. The Morgan fingerprint density at radius 3 is 2.35 bits per heavy atom. The van der Waals surface area contributed by atoms with E-state index in [-0.39, 0.29) is 5.92 Å². The summed E-state index contributed by atoms with van der Waals surface area (Å²) in [6, 6.07) is 3.47. The number of aliphatic hydroxyl groups is 2. The average Bonchev–Trinajstić information content (AvgIpc) is 2.38. The molecule has 0 saturated carbocycles. The first kappa shape index (κ1) is 17.6. The van der Waals surface area contributed by atoms with Crippen molar-refractivity contribution in [3.8, 4) is 5.75 Å². The van der Waals surface area contributed by atoms with Crippen molar-refractivity contribution < 1.29 is 14.9 Å². The van der Waals surface area contributed by atoms with Gasteiger partial charge in [0.2, 0.25) is 0 Å². The third kappa shape index (κ3) is 4.52. The highest BCUT2D eigenvalue weighted by atomic mass is 35.5. The van der Waals surface area contributed by atoms with Gasteiger partial charge in [-0.25, -0.2) is 0 Å². The normalized spacial score (nSPS) is 15.8. The van der Waals surface area contributed by atoms with Crippen LogP contribution in [-0.4, -0.2) is 29.0 Å². The molecule has 0 bridgehead atoms. The summed E-state index contributed by atoms with van der Waals surface area (Å²) in [7, 11) is 0. The molecule has 3 unspecified atom stereocenters. The number of rotatable bonds is 7. The van der Waals surface area contributed by atoms with Crippen molar-refractivity contribution in [2.75, 3.05) is 6.61 Å². The SMILES string of the molecule is CCOc1c(Cl)cc(Cl)cc1C(CC)CC(O)C(C)O. The van der Waals surface area contributed by atoms with Gasteiger partial charge in [0.15, 0.2) is 0 Å². The van der Waals surface area contributed by atoms with Crippen LogP contribution in [0, 0.1) is 0 Å². The van der Waals surface area contributed by atoms with Gasteiger partial charge in [-0.2, -0.15) is 0 Å². The molecular formula is C15H22Cl2O3. The molecule has 0 radical (unpaired) electrons. The minimum atomic E-state index is -0.785. The standard InChI is InChI=1S/C15H22Cl2O3/c1-4-10(6-14(19)9(3)18)12-7-11(16)8-13(17)15(12)20-5-2/h7-10,14,18-19H,4-6H2,1-3H3. The maximum Gasteiger partial charge on any atom is 0.141 e. The molecule has 1 aromatic carbocycles. The molecule has 114 valence electrons. The van der Waals surface area contributed by atoms with Crippen molar-refractivity contribution >= 4 is 23.2 Å². The summed E-state index contributed by atoms with van der Waals surface area (Å²) in [5.41, 5.74) is 0.881. The summed E-state index contributed by atoms with van der Waals surface area (Å²) in [5, 5.41) is 20.4. The molecule has 0 aliphatic rings. The highest BCUT2D eigenvalue weighted by molar-refractivity contribution is 6.35. The maximum absolute atomic E-state index is 9.89. The van der Waals surface area contributed by atoms with Crippen molar-refractivity contribution in [2.24, 2.45) is 0 Å². The maximum atomic E-state index is 9.89. The minimum absolute atomic E-state index is 0.0253. The molecule has 0 aliphatic carbocycles. The number of hydrogen-bond donors (Lipinski definition) is 2. The van der Waals surface area contributed by atoms with Gasteiger partial charge in [0.05, 0.1) is 23.8 Å². The molecule has 20 heavy (non-hydrogen) atoms. The minimum Gasteiger partial charge on any atom is -0.492 e. The van der Waals surface area contributed by atoms with Crippen LogP contribution in [0.25, 0.3) is 0 Å². The molecule has 0 saturated heterocycles. The zero-order valence-electron chi connectivity index (χ0n) is 12.1. The number of ether oxygens (including phenoxy) is 1. The van der Waals surface area contributed by atoms with E-state index < -0.39 is 12.2 Å². The molecule has 0 aromatic heterocycles. The lowest BCUT2D eigenvalue weighted by molar-refractivity contribution is 0.0213. The Labute approximate surface area is 130 Å². The van der Waals surface area contributed by atoms with Crippen molar-refractivity contribution in [2.45, 2.75) is 51.7 Å². The molecule has 0 amide bonds. The highest BCUT2D eigenvalue weighted by Crippen LogP contribution is 2.39. The van der Waals surface area contributed by atoms with E-state index in [4.69, 9.17) is 27.9 Å². The van der Waals surface area contributed by atoms with Crippen LogP contribution in [0.5, 0.6) is 5.75 Å². The fraction of sp³-hybridized carbons (Fsp3) is 0.600. The molecule has 3 nitrogen and oxygen atoms in total. The smallest absolute Gasteiger partial charge is 0.141 e. The van der Waals surface area contributed by atoms with E-state index in [0.717, 1.165) is 12.0 Å². The van der Waals surface area contributed by atoms with Crippen molar-refractivity contribution in [3.63, 3.8) is 0 Å². The first-order chi connectivity index (χ1) is 9.40. The summed E-state index contributed by atoms with van der Waals surface area (Å²) in [6.45, 7) is 5.99. The summed E-state index contributed by atoms with van der Waals surface area (Å²) in [5.74, 6) is 0.639.